The predicted octanol–water partition coefficient (Wildman–Crippen LogP) is 3.31. The van der Waals surface area contributed by atoms with Gasteiger partial charge in [0.25, 0.3) is 0 Å². The second-order valence-electron chi connectivity index (χ2n) is 6.72. The van der Waals surface area contributed by atoms with Crippen molar-refractivity contribution in [2.75, 3.05) is 40.3 Å². The highest BCUT2D eigenvalue weighted by Gasteiger charge is 2.13. The number of halogens is 1. The van der Waals surface area contributed by atoms with E-state index in [1.54, 1.807) is 13.2 Å². The first-order valence-electron chi connectivity index (χ1n) is 8.98. The van der Waals surface area contributed by atoms with Gasteiger partial charge in [0.2, 0.25) is 0 Å². The molecule has 0 amide bonds. The first kappa shape index (κ1) is 17.5. The molecule has 1 aliphatic rings. The molecule has 0 aliphatic carbocycles. The number of piperazine rings is 1. The minimum atomic E-state index is -0.301. The van der Waals surface area contributed by atoms with Crippen LogP contribution in [0.15, 0.2) is 58.0 Å². The van der Waals surface area contributed by atoms with Crippen molar-refractivity contribution < 1.29 is 13.5 Å². The van der Waals surface area contributed by atoms with Gasteiger partial charge in [-0.05, 0) is 49.5 Å². The van der Waals surface area contributed by atoms with Crippen LogP contribution < -0.4 is 10.1 Å². The third-order valence-electron chi connectivity index (χ3n) is 4.81. The van der Waals surface area contributed by atoms with E-state index in [1.165, 1.54) is 12.1 Å². The fourth-order valence-corrected chi connectivity index (χ4v) is 3.17. The Morgan fingerprint density at radius 1 is 1.00 bits per heavy atom. The van der Waals surface area contributed by atoms with Crippen LogP contribution in [0.5, 0.6) is 5.75 Å². The Kier molecular flexibility index (Phi) is 4.81. The Morgan fingerprint density at radius 2 is 1.74 bits per heavy atom. The van der Waals surface area contributed by atoms with Crippen molar-refractivity contribution in [1.82, 2.24) is 9.91 Å². The number of methoxy groups -OCH3 is 1. The fraction of sp³-hybridized carbons (Fsp3) is 0.286. The van der Waals surface area contributed by atoms with E-state index in [1.807, 2.05) is 35.3 Å². The van der Waals surface area contributed by atoms with Crippen molar-refractivity contribution in [2.45, 2.75) is 0 Å². The second kappa shape index (κ2) is 7.40. The number of rotatable bonds is 3. The second-order valence-corrected chi connectivity index (χ2v) is 6.72. The molecule has 2 aromatic carbocycles. The molecule has 5 nitrogen and oxygen atoms in total. The van der Waals surface area contributed by atoms with Gasteiger partial charge in [0, 0.05) is 43.2 Å². The van der Waals surface area contributed by atoms with Crippen LogP contribution >= 0.6 is 0 Å². The van der Waals surface area contributed by atoms with Crippen molar-refractivity contribution in [2.24, 2.45) is 5.10 Å². The van der Waals surface area contributed by atoms with E-state index in [9.17, 15) is 4.39 Å². The minimum absolute atomic E-state index is 0.301. The maximum atomic E-state index is 13.8. The summed E-state index contributed by atoms with van der Waals surface area (Å²) in [6, 6.07) is 14.1. The third-order valence-corrected chi connectivity index (χ3v) is 4.81. The van der Waals surface area contributed by atoms with Crippen LogP contribution in [0.1, 0.15) is 0 Å². The summed E-state index contributed by atoms with van der Waals surface area (Å²) < 4.78 is 25.1. The largest absolute Gasteiger partial charge is 0.497 e. The maximum absolute atomic E-state index is 13.8. The van der Waals surface area contributed by atoms with Gasteiger partial charge in [-0.25, -0.2) is 4.39 Å². The smallest absolute Gasteiger partial charge is 0.137 e. The minimum Gasteiger partial charge on any atom is -0.497 e. The monoisotopic (exact) mass is 367 g/mol. The number of hydrogen-bond donors (Lipinski definition) is 0. The Labute approximate surface area is 157 Å². The molecule has 27 heavy (non-hydrogen) atoms. The number of ether oxygens (including phenoxy) is 1. The quantitative estimate of drug-likeness (QED) is 0.712. The number of likely N-dealkylation sites (N-methyl/N-ethyl adjacent to an activating group) is 1. The van der Waals surface area contributed by atoms with Crippen LogP contribution in [0.2, 0.25) is 0 Å². The number of nitrogens with zero attached hydrogens (tertiary/aromatic N) is 3. The lowest BCUT2D eigenvalue weighted by Crippen LogP contribution is -2.42. The van der Waals surface area contributed by atoms with Crippen molar-refractivity contribution >= 4 is 11.0 Å². The highest BCUT2D eigenvalue weighted by Crippen LogP contribution is 2.24. The van der Waals surface area contributed by atoms with Crippen molar-refractivity contribution in [3.05, 3.63) is 59.7 Å². The zero-order valence-electron chi connectivity index (χ0n) is 15.5. The molecule has 1 saturated heterocycles. The fourth-order valence-electron chi connectivity index (χ4n) is 3.17. The van der Waals surface area contributed by atoms with Gasteiger partial charge < -0.3 is 14.1 Å². The van der Waals surface area contributed by atoms with Crippen LogP contribution in [0.25, 0.3) is 22.3 Å². The van der Waals surface area contributed by atoms with Crippen LogP contribution in [-0.2, 0) is 0 Å². The average molecular weight is 367 g/mol. The van der Waals surface area contributed by atoms with Crippen molar-refractivity contribution in [3.63, 3.8) is 0 Å². The molecule has 0 unspecified atom stereocenters. The Hall–Kier alpha value is -2.86. The molecule has 1 aliphatic heterocycles. The van der Waals surface area contributed by atoms with Crippen LogP contribution in [-0.4, -0.2) is 50.2 Å². The molecule has 0 radical (unpaired) electrons. The lowest BCUT2D eigenvalue weighted by atomic mass is 10.1. The average Bonchev–Trinajstić information content (AvgIpc) is 2.70. The van der Waals surface area contributed by atoms with Gasteiger partial charge in [-0.15, -0.1) is 0 Å². The molecule has 1 aromatic heterocycles. The molecular weight excluding hydrogens is 345 g/mol. The van der Waals surface area contributed by atoms with E-state index >= 15 is 0 Å². The summed E-state index contributed by atoms with van der Waals surface area (Å²) >= 11 is 0. The van der Waals surface area contributed by atoms with Gasteiger partial charge >= 0.3 is 0 Å². The van der Waals surface area contributed by atoms with Gasteiger partial charge in [-0.3, -0.25) is 5.01 Å². The summed E-state index contributed by atoms with van der Waals surface area (Å²) in [7, 11) is 3.74. The summed E-state index contributed by atoms with van der Waals surface area (Å²) in [4.78, 5) is 2.27. The topological polar surface area (TPSA) is 41.2 Å². The van der Waals surface area contributed by atoms with E-state index in [0.717, 1.165) is 37.5 Å². The summed E-state index contributed by atoms with van der Waals surface area (Å²) in [6.07, 6.45) is 0. The Morgan fingerprint density at radius 3 is 2.44 bits per heavy atom. The summed E-state index contributed by atoms with van der Waals surface area (Å²) in [6.45, 7) is 3.60. The normalized spacial score (nSPS) is 16.1. The SMILES string of the molecule is COc1ccc(-c2c/c(=N\N3CCN(C)CC3)c3cc(F)ccc3o2)cc1. The number of hydrogen-bond acceptors (Lipinski definition) is 5. The predicted molar refractivity (Wildman–Crippen MR) is 103 cm³/mol. The van der Waals surface area contributed by atoms with E-state index in [2.05, 4.69) is 11.9 Å². The molecule has 3 aromatic rings. The first-order chi connectivity index (χ1) is 13.1. The Bertz CT molecular complexity index is 1010. The van der Waals surface area contributed by atoms with Gasteiger partial charge in [-0.1, -0.05) is 0 Å². The molecular formula is C21H22FN3O2. The van der Waals surface area contributed by atoms with Crippen LogP contribution in [0, 0.1) is 5.82 Å². The Balaban J connectivity index is 1.83. The molecule has 0 atom stereocenters. The van der Waals surface area contributed by atoms with Gasteiger partial charge in [0.1, 0.15) is 22.9 Å². The van der Waals surface area contributed by atoms with E-state index in [0.29, 0.717) is 22.1 Å². The third kappa shape index (κ3) is 3.80. The molecule has 0 bridgehead atoms. The summed E-state index contributed by atoms with van der Waals surface area (Å²) in [5, 5.41) is 8.22. The van der Waals surface area contributed by atoms with Crippen molar-refractivity contribution in [3.8, 4) is 17.1 Å². The standard InChI is InChI=1S/C21H22FN3O2/c1-24-9-11-25(12-10-24)23-19-14-21(15-3-6-17(26-2)7-4-15)27-20-8-5-16(22)13-18(19)20/h3-8,13-14H,9-12H2,1-2H3/b23-19+. The molecule has 140 valence electrons. The molecule has 6 heteroatoms. The lowest BCUT2D eigenvalue weighted by molar-refractivity contribution is 0.154. The highest BCUT2D eigenvalue weighted by molar-refractivity contribution is 5.78. The molecule has 0 N–H and O–H groups in total. The van der Waals surface area contributed by atoms with Crippen LogP contribution in [0.3, 0.4) is 0 Å². The lowest BCUT2D eigenvalue weighted by Gasteiger charge is -2.30. The van der Waals surface area contributed by atoms with Gasteiger partial charge in [0.15, 0.2) is 0 Å². The van der Waals surface area contributed by atoms with Crippen molar-refractivity contribution in [1.29, 1.82) is 0 Å². The molecule has 1 fully saturated rings. The van der Waals surface area contributed by atoms with Gasteiger partial charge in [0.05, 0.1) is 12.5 Å². The van der Waals surface area contributed by atoms with E-state index in [-0.39, 0.29) is 5.82 Å². The maximum Gasteiger partial charge on any atom is 0.137 e. The van der Waals surface area contributed by atoms with E-state index < -0.39 is 0 Å². The molecule has 4 rings (SSSR count). The molecule has 0 spiro atoms. The summed E-state index contributed by atoms with van der Waals surface area (Å²) in [5.41, 5.74) is 1.52. The zero-order chi connectivity index (χ0) is 18.8. The zero-order valence-corrected chi connectivity index (χ0v) is 15.5. The van der Waals surface area contributed by atoms with Gasteiger partial charge in [-0.2, -0.15) is 5.10 Å². The summed E-state index contributed by atoms with van der Waals surface area (Å²) in [5.74, 6) is 1.17. The molecule has 2 heterocycles. The van der Waals surface area contributed by atoms with E-state index in [4.69, 9.17) is 14.3 Å². The highest BCUT2D eigenvalue weighted by atomic mass is 19.1. The van der Waals surface area contributed by atoms with Crippen LogP contribution in [0.4, 0.5) is 4.39 Å². The molecule has 0 saturated carbocycles. The number of benzene rings is 2. The number of fused-ring (bicyclic) bond motifs is 1. The first-order valence-corrected chi connectivity index (χ1v) is 8.98.